The summed E-state index contributed by atoms with van der Waals surface area (Å²) in [6, 6.07) is 4.72. The summed E-state index contributed by atoms with van der Waals surface area (Å²) in [7, 11) is 0. The average Bonchev–Trinajstić information content (AvgIpc) is 3.27. The minimum atomic E-state index is -0.721. The van der Waals surface area contributed by atoms with E-state index in [-0.39, 0.29) is 40.0 Å². The van der Waals surface area contributed by atoms with Crippen LogP contribution in [0.1, 0.15) is 30.1 Å². The molecule has 2 heterocycles. The van der Waals surface area contributed by atoms with E-state index in [1.165, 1.54) is 19.1 Å². The quantitative estimate of drug-likeness (QED) is 0.343. The van der Waals surface area contributed by atoms with E-state index in [1.54, 1.807) is 0 Å². The number of aromatic amines is 1. The lowest BCUT2D eigenvalue weighted by molar-refractivity contribution is -0.119. The van der Waals surface area contributed by atoms with Gasteiger partial charge in [0.2, 0.25) is 11.8 Å². The number of halogens is 1. The SMILES string of the molecule is CC(=O)Nc1nc(SCC(=O)NCC2CCCO2)[nH]c(=O)c1NC(=O)c1ccc(F)cc1. The number of amides is 3. The first-order valence-electron chi connectivity index (χ1n) is 9.81. The van der Waals surface area contributed by atoms with Crippen molar-refractivity contribution in [3.05, 3.63) is 46.0 Å². The van der Waals surface area contributed by atoms with Crippen molar-refractivity contribution in [1.82, 2.24) is 15.3 Å². The van der Waals surface area contributed by atoms with E-state index in [4.69, 9.17) is 4.74 Å². The zero-order chi connectivity index (χ0) is 23.1. The third-order valence-electron chi connectivity index (χ3n) is 4.43. The van der Waals surface area contributed by atoms with E-state index in [1.807, 2.05) is 0 Å². The molecule has 3 amide bonds. The van der Waals surface area contributed by atoms with Crippen molar-refractivity contribution in [2.24, 2.45) is 0 Å². The predicted octanol–water partition coefficient (Wildman–Crippen LogP) is 1.51. The fraction of sp³-hybridized carbons (Fsp3) is 0.350. The second-order valence-electron chi connectivity index (χ2n) is 6.96. The summed E-state index contributed by atoms with van der Waals surface area (Å²) in [5.74, 6) is -2.15. The number of hydrogen-bond donors (Lipinski definition) is 4. The number of benzene rings is 1. The highest BCUT2D eigenvalue weighted by molar-refractivity contribution is 7.99. The Morgan fingerprint density at radius 2 is 2.00 bits per heavy atom. The Hall–Kier alpha value is -3.25. The number of H-pyrrole nitrogens is 1. The van der Waals surface area contributed by atoms with Gasteiger partial charge in [-0.2, -0.15) is 0 Å². The zero-order valence-electron chi connectivity index (χ0n) is 17.2. The topological polar surface area (TPSA) is 142 Å². The first kappa shape index (κ1) is 23.4. The van der Waals surface area contributed by atoms with Crippen LogP contribution in [0.4, 0.5) is 15.9 Å². The number of carbonyl (C=O) groups is 3. The van der Waals surface area contributed by atoms with Crippen molar-refractivity contribution < 1.29 is 23.5 Å². The van der Waals surface area contributed by atoms with Gasteiger partial charge in [0.1, 0.15) is 5.82 Å². The van der Waals surface area contributed by atoms with Gasteiger partial charge in [-0.25, -0.2) is 9.37 Å². The fourth-order valence-electron chi connectivity index (χ4n) is 2.90. The van der Waals surface area contributed by atoms with Gasteiger partial charge >= 0.3 is 0 Å². The normalized spacial score (nSPS) is 15.2. The molecule has 4 N–H and O–H groups in total. The first-order valence-corrected chi connectivity index (χ1v) is 10.8. The molecule has 1 fully saturated rings. The monoisotopic (exact) mass is 463 g/mol. The van der Waals surface area contributed by atoms with Crippen LogP contribution < -0.4 is 21.5 Å². The fourth-order valence-corrected chi connectivity index (χ4v) is 3.59. The van der Waals surface area contributed by atoms with Gasteiger partial charge in [-0.1, -0.05) is 11.8 Å². The van der Waals surface area contributed by atoms with Crippen molar-refractivity contribution in [1.29, 1.82) is 0 Å². The summed E-state index contributed by atoms with van der Waals surface area (Å²) in [5, 5.41) is 7.62. The number of thioether (sulfide) groups is 1. The Morgan fingerprint density at radius 1 is 1.25 bits per heavy atom. The Labute approximate surface area is 186 Å². The molecule has 1 aromatic carbocycles. The molecule has 1 unspecified atom stereocenters. The Bertz CT molecular complexity index is 1050. The number of carbonyl (C=O) groups excluding carboxylic acids is 3. The molecule has 2 aromatic rings. The summed E-state index contributed by atoms with van der Waals surface area (Å²) >= 11 is 0.967. The van der Waals surface area contributed by atoms with Crippen LogP contribution in [-0.4, -0.2) is 52.7 Å². The Kier molecular flexibility index (Phi) is 7.95. The highest BCUT2D eigenvalue weighted by atomic mass is 32.2. The molecule has 3 rings (SSSR count). The van der Waals surface area contributed by atoms with Gasteiger partial charge < -0.3 is 20.7 Å². The number of hydrogen-bond acceptors (Lipinski definition) is 7. The molecule has 1 aliphatic heterocycles. The highest BCUT2D eigenvalue weighted by Crippen LogP contribution is 2.20. The number of rotatable bonds is 8. The van der Waals surface area contributed by atoms with E-state index in [2.05, 4.69) is 25.9 Å². The van der Waals surface area contributed by atoms with Crippen LogP contribution >= 0.6 is 11.8 Å². The molecule has 1 atom stereocenters. The average molecular weight is 463 g/mol. The second kappa shape index (κ2) is 10.9. The van der Waals surface area contributed by atoms with E-state index in [0.29, 0.717) is 13.2 Å². The smallest absolute Gasteiger partial charge is 0.277 e. The van der Waals surface area contributed by atoms with Crippen LogP contribution in [0.3, 0.4) is 0 Å². The molecule has 32 heavy (non-hydrogen) atoms. The Morgan fingerprint density at radius 3 is 2.66 bits per heavy atom. The second-order valence-corrected chi connectivity index (χ2v) is 7.93. The van der Waals surface area contributed by atoms with Gasteiger partial charge in [0.15, 0.2) is 16.7 Å². The van der Waals surface area contributed by atoms with Crippen LogP contribution in [0.5, 0.6) is 0 Å². The van der Waals surface area contributed by atoms with E-state index in [0.717, 1.165) is 36.7 Å². The molecule has 0 bridgehead atoms. The molecule has 0 spiro atoms. The van der Waals surface area contributed by atoms with Gasteiger partial charge in [-0.05, 0) is 37.1 Å². The van der Waals surface area contributed by atoms with Crippen molar-refractivity contribution in [3.8, 4) is 0 Å². The third-order valence-corrected chi connectivity index (χ3v) is 5.30. The largest absolute Gasteiger partial charge is 0.376 e. The number of aromatic nitrogens is 2. The van der Waals surface area contributed by atoms with Gasteiger partial charge in [0.05, 0.1) is 11.9 Å². The molecule has 170 valence electrons. The summed E-state index contributed by atoms with van der Waals surface area (Å²) in [6.07, 6.45) is 1.88. The number of ether oxygens (including phenoxy) is 1. The number of nitrogens with zero attached hydrogens (tertiary/aromatic N) is 1. The summed E-state index contributed by atoms with van der Waals surface area (Å²) in [6.45, 7) is 2.32. The number of nitrogens with one attached hydrogen (secondary N) is 4. The molecule has 10 nitrogen and oxygen atoms in total. The van der Waals surface area contributed by atoms with Crippen molar-refractivity contribution in [2.75, 3.05) is 29.5 Å². The standard InChI is InChI=1S/C20H22FN5O5S/c1-11(27)23-17-16(24-18(29)12-4-6-13(21)7-5-12)19(30)26-20(25-17)32-10-15(28)22-9-14-3-2-8-31-14/h4-7,14H,2-3,8-10H2,1H3,(H,22,28)(H,24,29)(H2,23,25,26,27,30). The predicted molar refractivity (Wildman–Crippen MR) is 116 cm³/mol. The maximum absolute atomic E-state index is 13.1. The molecule has 1 aliphatic rings. The van der Waals surface area contributed by atoms with Crippen LogP contribution in [0, 0.1) is 5.82 Å². The van der Waals surface area contributed by atoms with Gasteiger partial charge in [-0.3, -0.25) is 24.2 Å². The third kappa shape index (κ3) is 6.62. The Balaban J connectivity index is 1.69. The highest BCUT2D eigenvalue weighted by Gasteiger charge is 2.19. The summed E-state index contributed by atoms with van der Waals surface area (Å²) in [4.78, 5) is 55.2. The molecular formula is C20H22FN5O5S. The summed E-state index contributed by atoms with van der Waals surface area (Å²) < 4.78 is 18.5. The molecule has 0 saturated carbocycles. The first-order chi connectivity index (χ1) is 15.3. The van der Waals surface area contributed by atoms with Crippen molar-refractivity contribution >= 4 is 41.0 Å². The van der Waals surface area contributed by atoms with Crippen LogP contribution in [0.2, 0.25) is 0 Å². The van der Waals surface area contributed by atoms with E-state index >= 15 is 0 Å². The lowest BCUT2D eigenvalue weighted by Crippen LogP contribution is -2.33. The number of anilines is 2. The van der Waals surface area contributed by atoms with E-state index in [9.17, 15) is 23.6 Å². The molecule has 1 saturated heterocycles. The van der Waals surface area contributed by atoms with Gasteiger partial charge in [-0.15, -0.1) is 0 Å². The molecule has 1 aromatic heterocycles. The molecule has 12 heteroatoms. The summed E-state index contributed by atoms with van der Waals surface area (Å²) in [5.41, 5.74) is -0.885. The molecular weight excluding hydrogens is 441 g/mol. The molecule has 0 radical (unpaired) electrons. The van der Waals surface area contributed by atoms with E-state index < -0.39 is 23.2 Å². The maximum Gasteiger partial charge on any atom is 0.277 e. The van der Waals surface area contributed by atoms with Crippen molar-refractivity contribution in [3.63, 3.8) is 0 Å². The van der Waals surface area contributed by atoms with Gasteiger partial charge in [0, 0.05) is 25.6 Å². The van der Waals surface area contributed by atoms with Crippen molar-refractivity contribution in [2.45, 2.75) is 31.0 Å². The van der Waals surface area contributed by atoms with Crippen LogP contribution in [-0.2, 0) is 14.3 Å². The van der Waals surface area contributed by atoms with Crippen LogP contribution in [0.25, 0.3) is 0 Å². The maximum atomic E-state index is 13.1. The lowest BCUT2D eigenvalue weighted by atomic mass is 10.2. The minimum absolute atomic E-state index is 0.0113. The molecule has 0 aliphatic carbocycles. The van der Waals surface area contributed by atoms with Gasteiger partial charge in [0.25, 0.3) is 11.5 Å². The lowest BCUT2D eigenvalue weighted by Gasteiger charge is -2.12. The zero-order valence-corrected chi connectivity index (χ0v) is 18.0. The van der Waals surface area contributed by atoms with Crippen LogP contribution in [0.15, 0.2) is 34.2 Å². The minimum Gasteiger partial charge on any atom is -0.376 e.